The molecular weight excluding hydrogens is 705 g/mol. The molecule has 2 heterocycles. The van der Waals surface area contributed by atoms with Gasteiger partial charge in [-0.15, -0.1) is 0 Å². The molecule has 0 fully saturated rings. The quantitative estimate of drug-likeness (QED) is 0.180. The molecule has 1 spiro atoms. The number of fused-ring (bicyclic) bond motifs is 13. The Balaban J connectivity index is 1.09. The van der Waals surface area contributed by atoms with Gasteiger partial charge < -0.3 is 4.74 Å². The first-order chi connectivity index (χ1) is 28.7. The van der Waals surface area contributed by atoms with Crippen molar-refractivity contribution in [3.63, 3.8) is 0 Å². The largest absolute Gasteiger partial charge is 0.455 e. The number of hydrogen-bond acceptors (Lipinski definition) is 3. The van der Waals surface area contributed by atoms with Crippen LogP contribution in [-0.2, 0) is 5.41 Å². The summed E-state index contributed by atoms with van der Waals surface area (Å²) in [5.74, 6) is 2.53. The first kappa shape index (κ1) is 32.6. The molecule has 10 aromatic rings. The second-order valence-electron chi connectivity index (χ2n) is 15.3. The van der Waals surface area contributed by atoms with Crippen molar-refractivity contribution in [2.75, 3.05) is 0 Å². The van der Waals surface area contributed by atoms with Crippen LogP contribution in [0.15, 0.2) is 206 Å². The molecule has 3 heteroatoms. The Morgan fingerprint density at radius 3 is 1.48 bits per heavy atom. The van der Waals surface area contributed by atoms with E-state index in [1.165, 1.54) is 27.8 Å². The zero-order chi connectivity index (χ0) is 38.2. The first-order valence-electron chi connectivity index (χ1n) is 19.8. The van der Waals surface area contributed by atoms with Crippen LogP contribution in [-0.4, -0.2) is 9.97 Å². The number of ether oxygens (including phenoxy) is 1. The van der Waals surface area contributed by atoms with Crippen LogP contribution in [0, 0.1) is 0 Å². The molecule has 2 aliphatic rings. The van der Waals surface area contributed by atoms with Crippen molar-refractivity contribution in [3.05, 3.63) is 229 Å². The molecular formula is C55H34N2O. The lowest BCUT2D eigenvalue weighted by Gasteiger charge is -2.40. The number of aromatic nitrogens is 2. The Bertz CT molecular complexity index is 3160. The van der Waals surface area contributed by atoms with E-state index in [1.807, 2.05) is 12.1 Å². The summed E-state index contributed by atoms with van der Waals surface area (Å²) >= 11 is 0. The Kier molecular flexibility index (Phi) is 7.14. The smallest absolute Gasteiger partial charge is 0.160 e. The molecule has 0 N–H and O–H groups in total. The lowest BCUT2D eigenvalue weighted by atomic mass is 9.65. The van der Waals surface area contributed by atoms with Crippen LogP contribution in [0.1, 0.15) is 22.3 Å². The molecule has 58 heavy (non-hydrogen) atoms. The molecule has 0 atom stereocenters. The van der Waals surface area contributed by atoms with Crippen molar-refractivity contribution in [3.8, 4) is 67.7 Å². The molecule has 12 rings (SSSR count). The summed E-state index contributed by atoms with van der Waals surface area (Å²) in [7, 11) is 0. The summed E-state index contributed by atoms with van der Waals surface area (Å²) in [6.07, 6.45) is 0. The fourth-order valence-electron chi connectivity index (χ4n) is 9.49. The summed E-state index contributed by atoms with van der Waals surface area (Å²) in [4.78, 5) is 10.4. The predicted octanol–water partition coefficient (Wildman–Crippen LogP) is 13.9. The molecule has 9 aromatic carbocycles. The first-order valence-corrected chi connectivity index (χ1v) is 19.8. The van der Waals surface area contributed by atoms with Crippen molar-refractivity contribution in [2.45, 2.75) is 5.41 Å². The maximum atomic E-state index is 7.14. The summed E-state index contributed by atoms with van der Waals surface area (Å²) in [6, 6.07) is 73.7. The normalized spacial score (nSPS) is 13.1. The van der Waals surface area contributed by atoms with Crippen molar-refractivity contribution in [1.29, 1.82) is 0 Å². The van der Waals surface area contributed by atoms with Gasteiger partial charge in [0.15, 0.2) is 5.82 Å². The molecule has 1 aliphatic carbocycles. The maximum Gasteiger partial charge on any atom is 0.160 e. The van der Waals surface area contributed by atoms with Crippen LogP contribution in [0.5, 0.6) is 11.5 Å². The molecule has 0 amide bonds. The van der Waals surface area contributed by atoms with E-state index in [2.05, 4.69) is 194 Å². The Morgan fingerprint density at radius 1 is 0.328 bits per heavy atom. The molecule has 0 radical (unpaired) electrons. The Labute approximate surface area is 336 Å². The molecule has 1 aliphatic heterocycles. The highest BCUT2D eigenvalue weighted by Crippen LogP contribution is 2.64. The monoisotopic (exact) mass is 738 g/mol. The SMILES string of the molecule is c1ccc(-c2ccc(-c3nc(-c4ccccc4)cc(-c4ccc5c(c4)-c4ccccc4C54c5ccc6ccccc6c5Oc5c4ccc4ccccc54)n3)cc2)cc1. The average Bonchev–Trinajstić information content (AvgIpc) is 3.59. The third-order valence-corrected chi connectivity index (χ3v) is 12.2. The number of hydrogen-bond donors (Lipinski definition) is 0. The minimum Gasteiger partial charge on any atom is -0.455 e. The van der Waals surface area contributed by atoms with Gasteiger partial charge in [-0.2, -0.15) is 0 Å². The van der Waals surface area contributed by atoms with Crippen LogP contribution in [0.4, 0.5) is 0 Å². The number of nitrogens with zero attached hydrogens (tertiary/aromatic N) is 2. The molecule has 0 bridgehead atoms. The maximum absolute atomic E-state index is 7.14. The second kappa shape index (κ2) is 12.7. The fourth-order valence-corrected chi connectivity index (χ4v) is 9.49. The van der Waals surface area contributed by atoms with Gasteiger partial charge in [-0.05, 0) is 56.3 Å². The van der Waals surface area contributed by atoms with Gasteiger partial charge in [-0.1, -0.05) is 194 Å². The van der Waals surface area contributed by atoms with Gasteiger partial charge in [0, 0.05) is 38.6 Å². The van der Waals surface area contributed by atoms with Crippen molar-refractivity contribution < 1.29 is 4.74 Å². The van der Waals surface area contributed by atoms with Gasteiger partial charge >= 0.3 is 0 Å². The summed E-state index contributed by atoms with van der Waals surface area (Å²) < 4.78 is 7.14. The summed E-state index contributed by atoms with van der Waals surface area (Å²) in [5, 5.41) is 4.54. The summed E-state index contributed by atoms with van der Waals surface area (Å²) in [6.45, 7) is 0. The zero-order valence-corrected chi connectivity index (χ0v) is 31.4. The van der Waals surface area contributed by atoms with Crippen molar-refractivity contribution in [2.24, 2.45) is 0 Å². The molecule has 0 unspecified atom stereocenters. The topological polar surface area (TPSA) is 35.0 Å². The molecule has 1 aromatic heterocycles. The minimum atomic E-state index is -0.603. The average molecular weight is 739 g/mol. The highest BCUT2D eigenvalue weighted by atomic mass is 16.5. The van der Waals surface area contributed by atoms with Gasteiger partial charge in [-0.3, -0.25) is 0 Å². The fraction of sp³-hybridized carbons (Fsp3) is 0.0182. The van der Waals surface area contributed by atoms with Crippen LogP contribution in [0.2, 0.25) is 0 Å². The lowest BCUT2D eigenvalue weighted by molar-refractivity contribution is 0.447. The van der Waals surface area contributed by atoms with E-state index in [0.717, 1.165) is 77.8 Å². The number of rotatable bonds is 4. The van der Waals surface area contributed by atoms with Crippen LogP contribution < -0.4 is 4.74 Å². The minimum absolute atomic E-state index is 0.603. The lowest BCUT2D eigenvalue weighted by Crippen LogP contribution is -2.32. The standard InChI is InChI=1S/C55H34N2O/c1-3-13-35(14-4-1)36-23-25-40(26-24-36)54-56-50(39-17-5-2-6-18-39)34-51(57-54)41-29-30-47-45(33-41)44-21-11-12-22-46(44)55(47)48-31-27-37-15-7-9-19-42(37)52(48)58-53-43-20-10-8-16-38(43)28-32-49(53)55/h1-34H. The van der Waals surface area contributed by atoms with Crippen LogP contribution in [0.3, 0.4) is 0 Å². The summed E-state index contributed by atoms with van der Waals surface area (Å²) in [5.41, 5.74) is 13.8. The third-order valence-electron chi connectivity index (χ3n) is 12.2. The van der Waals surface area contributed by atoms with Crippen LogP contribution in [0.25, 0.3) is 77.7 Å². The third kappa shape index (κ3) is 4.80. The van der Waals surface area contributed by atoms with Gasteiger partial charge in [-0.25, -0.2) is 9.97 Å². The van der Waals surface area contributed by atoms with Gasteiger partial charge in [0.05, 0.1) is 16.8 Å². The van der Waals surface area contributed by atoms with Crippen molar-refractivity contribution in [1.82, 2.24) is 9.97 Å². The van der Waals surface area contributed by atoms with Gasteiger partial charge in [0.2, 0.25) is 0 Å². The van der Waals surface area contributed by atoms with E-state index in [0.29, 0.717) is 5.82 Å². The van der Waals surface area contributed by atoms with E-state index in [9.17, 15) is 0 Å². The Hall–Kier alpha value is -7.62. The van der Waals surface area contributed by atoms with Gasteiger partial charge in [0.25, 0.3) is 0 Å². The van der Waals surface area contributed by atoms with E-state index < -0.39 is 5.41 Å². The molecule has 0 saturated heterocycles. The number of benzene rings is 9. The highest BCUT2D eigenvalue weighted by molar-refractivity contribution is 6.00. The van der Waals surface area contributed by atoms with Crippen LogP contribution >= 0.6 is 0 Å². The highest BCUT2D eigenvalue weighted by Gasteiger charge is 2.51. The van der Waals surface area contributed by atoms with E-state index in [-0.39, 0.29) is 0 Å². The molecule has 270 valence electrons. The van der Waals surface area contributed by atoms with E-state index >= 15 is 0 Å². The molecule has 3 nitrogen and oxygen atoms in total. The van der Waals surface area contributed by atoms with E-state index in [4.69, 9.17) is 14.7 Å². The predicted molar refractivity (Wildman–Crippen MR) is 236 cm³/mol. The zero-order valence-electron chi connectivity index (χ0n) is 31.4. The van der Waals surface area contributed by atoms with Crippen molar-refractivity contribution >= 4 is 21.5 Å². The Morgan fingerprint density at radius 2 is 0.810 bits per heavy atom. The molecule has 0 saturated carbocycles. The van der Waals surface area contributed by atoms with E-state index in [1.54, 1.807) is 0 Å². The second-order valence-corrected chi connectivity index (χ2v) is 15.3. The van der Waals surface area contributed by atoms with Gasteiger partial charge in [0.1, 0.15) is 11.5 Å².